The minimum atomic E-state index is 0.124. The van der Waals surface area contributed by atoms with E-state index in [9.17, 15) is 0 Å². The number of aromatic nitrogens is 2. The summed E-state index contributed by atoms with van der Waals surface area (Å²) in [5.74, 6) is 0. The lowest BCUT2D eigenvalue weighted by molar-refractivity contribution is 0.585. The van der Waals surface area contributed by atoms with Crippen LogP contribution >= 0.6 is 27.3 Å². The summed E-state index contributed by atoms with van der Waals surface area (Å²) in [4.78, 5) is 10.0. The van der Waals surface area contributed by atoms with E-state index in [4.69, 9.17) is 0 Å². The van der Waals surface area contributed by atoms with E-state index in [0.29, 0.717) is 0 Å². The molecule has 2 heterocycles. The minimum Gasteiger partial charge on any atom is -0.379 e. The van der Waals surface area contributed by atoms with Crippen LogP contribution in [0.5, 0.6) is 0 Å². The van der Waals surface area contributed by atoms with Crippen molar-refractivity contribution in [3.63, 3.8) is 0 Å². The fraction of sp³-hybridized carbons (Fsp3) is 0.429. The topological polar surface area (TPSA) is 37.8 Å². The number of nitrogens with zero attached hydrogens (tertiary/aromatic N) is 2. The fourth-order valence-corrected chi connectivity index (χ4v) is 2.71. The molecule has 0 spiro atoms. The van der Waals surface area contributed by atoms with Gasteiger partial charge in [0.25, 0.3) is 0 Å². The van der Waals surface area contributed by atoms with Gasteiger partial charge < -0.3 is 5.32 Å². The van der Waals surface area contributed by atoms with Crippen LogP contribution in [0.2, 0.25) is 0 Å². The van der Waals surface area contributed by atoms with E-state index in [1.807, 2.05) is 19.3 Å². The molecular weight excluding hydrogens is 322 g/mol. The van der Waals surface area contributed by atoms with Crippen LogP contribution in [0.25, 0.3) is 0 Å². The van der Waals surface area contributed by atoms with Crippen LogP contribution < -0.4 is 5.32 Å². The minimum absolute atomic E-state index is 0.124. The maximum absolute atomic E-state index is 4.49. The van der Waals surface area contributed by atoms with Gasteiger partial charge in [-0.25, -0.2) is 9.97 Å². The van der Waals surface area contributed by atoms with Gasteiger partial charge in [-0.05, 0) is 34.5 Å². The molecule has 0 bridgehead atoms. The monoisotopic (exact) mass is 339 g/mol. The molecule has 2 aromatic heterocycles. The largest absolute Gasteiger partial charge is 0.379 e. The smallest absolute Gasteiger partial charge is 0.109 e. The Labute approximate surface area is 126 Å². The van der Waals surface area contributed by atoms with Crippen molar-refractivity contribution >= 4 is 33.0 Å². The van der Waals surface area contributed by atoms with Crippen LogP contribution in [0.1, 0.15) is 36.2 Å². The van der Waals surface area contributed by atoms with Gasteiger partial charge in [0.2, 0.25) is 0 Å². The van der Waals surface area contributed by atoms with Crippen LogP contribution in [0.4, 0.5) is 5.69 Å². The first kappa shape index (κ1) is 14.5. The number of hydrogen-bond acceptors (Lipinski definition) is 4. The number of anilines is 1. The SMILES string of the molecule is Cc1cc(NCc2cnc(C(C)(C)C)s2)cnc1Br. The summed E-state index contributed by atoms with van der Waals surface area (Å²) in [5.41, 5.74) is 2.29. The van der Waals surface area contributed by atoms with Crippen LogP contribution in [-0.4, -0.2) is 9.97 Å². The Morgan fingerprint density at radius 2 is 2.00 bits per heavy atom. The highest BCUT2D eigenvalue weighted by Gasteiger charge is 2.17. The van der Waals surface area contributed by atoms with E-state index in [0.717, 1.165) is 22.4 Å². The molecule has 0 atom stereocenters. The molecule has 0 saturated heterocycles. The molecule has 2 aromatic rings. The number of thiazole rings is 1. The zero-order chi connectivity index (χ0) is 14.0. The molecule has 0 aromatic carbocycles. The first-order valence-electron chi connectivity index (χ1n) is 6.17. The van der Waals surface area contributed by atoms with Crippen molar-refractivity contribution in [1.29, 1.82) is 0 Å². The maximum Gasteiger partial charge on any atom is 0.109 e. The molecule has 102 valence electrons. The second-order valence-electron chi connectivity index (χ2n) is 5.57. The Morgan fingerprint density at radius 1 is 1.26 bits per heavy atom. The first-order chi connectivity index (χ1) is 8.86. The van der Waals surface area contributed by atoms with Crippen LogP contribution in [0.3, 0.4) is 0 Å². The van der Waals surface area contributed by atoms with Gasteiger partial charge in [0, 0.05) is 16.5 Å². The van der Waals surface area contributed by atoms with Crippen molar-refractivity contribution in [2.24, 2.45) is 0 Å². The summed E-state index contributed by atoms with van der Waals surface area (Å²) in [6.07, 6.45) is 3.79. The number of hydrogen-bond donors (Lipinski definition) is 1. The average molecular weight is 340 g/mol. The van der Waals surface area contributed by atoms with E-state index < -0.39 is 0 Å². The molecule has 0 aliphatic rings. The fourth-order valence-electron chi connectivity index (χ4n) is 1.58. The van der Waals surface area contributed by atoms with Gasteiger partial charge in [-0.3, -0.25) is 0 Å². The van der Waals surface area contributed by atoms with Crippen molar-refractivity contribution in [3.05, 3.63) is 38.5 Å². The van der Waals surface area contributed by atoms with E-state index in [1.165, 1.54) is 9.88 Å². The highest BCUT2D eigenvalue weighted by molar-refractivity contribution is 9.10. The van der Waals surface area contributed by atoms with E-state index in [2.05, 4.69) is 58.1 Å². The molecule has 0 fully saturated rings. The Bertz CT molecular complexity index is 572. The molecule has 5 heteroatoms. The van der Waals surface area contributed by atoms with Gasteiger partial charge in [0.1, 0.15) is 4.60 Å². The molecule has 2 rings (SSSR count). The Hall–Kier alpha value is -0.940. The van der Waals surface area contributed by atoms with Gasteiger partial charge in [0.15, 0.2) is 0 Å². The molecule has 19 heavy (non-hydrogen) atoms. The summed E-state index contributed by atoms with van der Waals surface area (Å²) in [5, 5.41) is 4.56. The zero-order valence-corrected chi connectivity index (χ0v) is 14.0. The van der Waals surface area contributed by atoms with Crippen molar-refractivity contribution in [2.75, 3.05) is 5.32 Å². The lowest BCUT2D eigenvalue weighted by Crippen LogP contribution is -2.09. The van der Waals surface area contributed by atoms with E-state index in [-0.39, 0.29) is 5.41 Å². The summed E-state index contributed by atoms with van der Waals surface area (Å²) in [6, 6.07) is 2.09. The van der Waals surface area contributed by atoms with Gasteiger partial charge in [-0.1, -0.05) is 20.8 Å². The van der Waals surface area contributed by atoms with Crippen molar-refractivity contribution < 1.29 is 0 Å². The molecule has 0 unspecified atom stereocenters. The molecule has 0 amide bonds. The predicted octanol–water partition coefficient (Wildman–Crippen LogP) is 4.52. The first-order valence-corrected chi connectivity index (χ1v) is 7.78. The zero-order valence-electron chi connectivity index (χ0n) is 11.6. The third kappa shape index (κ3) is 3.76. The van der Waals surface area contributed by atoms with E-state index >= 15 is 0 Å². The summed E-state index contributed by atoms with van der Waals surface area (Å²) in [6.45, 7) is 9.38. The number of rotatable bonds is 3. The van der Waals surface area contributed by atoms with Crippen molar-refractivity contribution in [2.45, 2.75) is 39.7 Å². The van der Waals surface area contributed by atoms with Crippen molar-refractivity contribution in [3.8, 4) is 0 Å². The normalized spacial score (nSPS) is 11.6. The lowest BCUT2D eigenvalue weighted by Gasteiger charge is -2.13. The van der Waals surface area contributed by atoms with Gasteiger partial charge in [-0.2, -0.15) is 0 Å². The molecule has 0 aliphatic heterocycles. The summed E-state index contributed by atoms with van der Waals surface area (Å²) in [7, 11) is 0. The van der Waals surface area contributed by atoms with Crippen LogP contribution in [0, 0.1) is 6.92 Å². The molecule has 3 nitrogen and oxygen atoms in total. The standard InChI is InChI=1S/C14H18BrN3S/c1-9-5-10(6-17-12(9)15)16-7-11-8-18-13(19-11)14(2,3)4/h5-6,8,16H,7H2,1-4H3. The highest BCUT2D eigenvalue weighted by Crippen LogP contribution is 2.27. The number of nitrogens with one attached hydrogen (secondary N) is 1. The third-order valence-electron chi connectivity index (χ3n) is 2.68. The number of halogens is 1. The molecule has 1 N–H and O–H groups in total. The Balaban J connectivity index is 2.02. The number of aryl methyl sites for hydroxylation is 1. The quantitative estimate of drug-likeness (QED) is 0.835. The maximum atomic E-state index is 4.49. The second-order valence-corrected chi connectivity index (χ2v) is 7.43. The Kier molecular flexibility index (Phi) is 4.26. The predicted molar refractivity (Wildman–Crippen MR) is 84.8 cm³/mol. The average Bonchev–Trinajstić information content (AvgIpc) is 2.79. The van der Waals surface area contributed by atoms with E-state index in [1.54, 1.807) is 11.3 Å². The number of pyridine rings is 1. The van der Waals surface area contributed by atoms with Crippen LogP contribution in [0.15, 0.2) is 23.1 Å². The van der Waals surface area contributed by atoms with Gasteiger partial charge in [-0.15, -0.1) is 11.3 Å². The third-order valence-corrected chi connectivity index (χ3v) is 4.93. The molecule has 0 aliphatic carbocycles. The molecular formula is C14H18BrN3S. The summed E-state index contributed by atoms with van der Waals surface area (Å²) < 4.78 is 0.894. The lowest BCUT2D eigenvalue weighted by atomic mass is 9.98. The Morgan fingerprint density at radius 3 is 2.58 bits per heavy atom. The van der Waals surface area contributed by atoms with Crippen LogP contribution in [-0.2, 0) is 12.0 Å². The van der Waals surface area contributed by atoms with Gasteiger partial charge >= 0.3 is 0 Å². The molecule has 0 saturated carbocycles. The highest BCUT2D eigenvalue weighted by atomic mass is 79.9. The molecule has 0 radical (unpaired) electrons. The summed E-state index contributed by atoms with van der Waals surface area (Å²) >= 11 is 5.17. The second kappa shape index (κ2) is 5.59. The van der Waals surface area contributed by atoms with Crippen molar-refractivity contribution in [1.82, 2.24) is 9.97 Å². The van der Waals surface area contributed by atoms with Gasteiger partial charge in [0.05, 0.1) is 23.4 Å².